The normalized spacial score (nSPS) is 10.5. The molecule has 88 valence electrons. The fourth-order valence-electron chi connectivity index (χ4n) is 1.16. The number of carbonyl (C=O) groups excluding carboxylic acids is 1. The van der Waals surface area contributed by atoms with Crippen LogP contribution in [-0.2, 0) is 20.6 Å². The molecule has 0 amide bonds. The van der Waals surface area contributed by atoms with E-state index in [9.17, 15) is 17.8 Å². The molecule has 0 aromatic heterocycles. The quantitative estimate of drug-likeness (QED) is 0.272. The van der Waals surface area contributed by atoms with E-state index in [4.69, 9.17) is 5.73 Å². The Kier molecular flexibility index (Phi) is 6.14. The standard InChI is InChI=1S/C9H11NO5S.Na/c1-15-9(11)6-2-3-7(8(10)4-6)5-16(12,13)14;/h2-4H,5,10H2,1H3,(H,12,13,14);/q;+1/p-1. The van der Waals surface area contributed by atoms with Gasteiger partial charge in [0.05, 0.1) is 28.5 Å². The van der Waals surface area contributed by atoms with Crippen molar-refractivity contribution in [3.63, 3.8) is 0 Å². The van der Waals surface area contributed by atoms with Crippen molar-refractivity contribution in [3.8, 4) is 0 Å². The van der Waals surface area contributed by atoms with Gasteiger partial charge in [0.15, 0.2) is 0 Å². The van der Waals surface area contributed by atoms with E-state index in [-0.39, 0.29) is 46.4 Å². The Morgan fingerprint density at radius 2 is 2.06 bits per heavy atom. The van der Waals surface area contributed by atoms with Crippen LogP contribution in [0.15, 0.2) is 18.2 Å². The molecular formula is C9H10NNaO5S. The van der Waals surface area contributed by atoms with Gasteiger partial charge in [0.2, 0.25) is 0 Å². The van der Waals surface area contributed by atoms with Crippen molar-refractivity contribution in [1.29, 1.82) is 0 Å². The summed E-state index contributed by atoms with van der Waals surface area (Å²) in [5, 5.41) is 0. The van der Waals surface area contributed by atoms with Crippen LogP contribution in [0.25, 0.3) is 0 Å². The Morgan fingerprint density at radius 1 is 1.47 bits per heavy atom. The summed E-state index contributed by atoms with van der Waals surface area (Å²) in [5.74, 6) is -1.27. The average Bonchev–Trinajstić information content (AvgIpc) is 2.18. The smallest absolute Gasteiger partial charge is 0.748 e. The Balaban J connectivity index is 0.00000256. The van der Waals surface area contributed by atoms with Gasteiger partial charge in [-0.3, -0.25) is 0 Å². The van der Waals surface area contributed by atoms with E-state index in [2.05, 4.69) is 4.74 Å². The van der Waals surface area contributed by atoms with Crippen LogP contribution in [-0.4, -0.2) is 26.0 Å². The predicted octanol–water partition coefficient (Wildman–Crippen LogP) is -2.90. The van der Waals surface area contributed by atoms with Crippen molar-refractivity contribution in [3.05, 3.63) is 29.3 Å². The molecule has 0 aliphatic heterocycles. The van der Waals surface area contributed by atoms with Crippen LogP contribution in [0.3, 0.4) is 0 Å². The van der Waals surface area contributed by atoms with E-state index in [0.717, 1.165) is 0 Å². The van der Waals surface area contributed by atoms with Crippen LogP contribution in [0.1, 0.15) is 15.9 Å². The second-order valence-corrected chi connectivity index (χ2v) is 4.51. The number of esters is 1. The number of nitrogen functional groups attached to an aromatic ring is 1. The van der Waals surface area contributed by atoms with Gasteiger partial charge in [0.1, 0.15) is 0 Å². The molecule has 0 bridgehead atoms. The largest absolute Gasteiger partial charge is 1.00 e. The van der Waals surface area contributed by atoms with Crippen LogP contribution in [0.5, 0.6) is 0 Å². The van der Waals surface area contributed by atoms with Crippen molar-refractivity contribution in [1.82, 2.24) is 0 Å². The molecule has 1 aromatic carbocycles. The minimum absolute atomic E-state index is 0. The van der Waals surface area contributed by atoms with Gasteiger partial charge in [-0.1, -0.05) is 6.07 Å². The predicted molar refractivity (Wildman–Crippen MR) is 55.6 cm³/mol. The van der Waals surface area contributed by atoms with E-state index in [1.165, 1.54) is 25.3 Å². The second kappa shape index (κ2) is 6.36. The third kappa shape index (κ3) is 5.05. The minimum atomic E-state index is -4.38. The van der Waals surface area contributed by atoms with Crippen molar-refractivity contribution in [2.24, 2.45) is 0 Å². The number of nitrogens with two attached hydrogens (primary N) is 1. The van der Waals surface area contributed by atoms with Crippen LogP contribution in [0.4, 0.5) is 5.69 Å². The number of benzene rings is 1. The number of rotatable bonds is 3. The van der Waals surface area contributed by atoms with Gasteiger partial charge in [0.25, 0.3) is 0 Å². The summed E-state index contributed by atoms with van der Waals surface area (Å²) in [7, 11) is -3.17. The fourth-order valence-corrected chi connectivity index (χ4v) is 1.81. The Morgan fingerprint density at radius 3 is 2.47 bits per heavy atom. The molecule has 0 radical (unpaired) electrons. The monoisotopic (exact) mass is 267 g/mol. The van der Waals surface area contributed by atoms with E-state index in [1.807, 2.05) is 0 Å². The molecule has 8 heteroatoms. The zero-order valence-corrected chi connectivity index (χ0v) is 12.3. The maximum absolute atomic E-state index is 11.1. The number of methoxy groups -OCH3 is 1. The zero-order valence-electron chi connectivity index (χ0n) is 9.47. The van der Waals surface area contributed by atoms with Gasteiger partial charge >= 0.3 is 35.5 Å². The molecular weight excluding hydrogens is 257 g/mol. The van der Waals surface area contributed by atoms with Crippen molar-refractivity contribution >= 4 is 21.8 Å². The maximum Gasteiger partial charge on any atom is 1.00 e. The molecule has 0 saturated carbocycles. The van der Waals surface area contributed by atoms with Gasteiger partial charge in [0, 0.05) is 5.69 Å². The Hall–Kier alpha value is -0.600. The molecule has 0 aliphatic carbocycles. The molecule has 2 N–H and O–H groups in total. The van der Waals surface area contributed by atoms with Gasteiger partial charge in [-0.2, -0.15) is 0 Å². The SMILES string of the molecule is COC(=O)c1ccc(CS(=O)(=O)[O-])c(N)c1.[Na+]. The first-order chi connectivity index (χ1) is 7.33. The molecule has 0 aliphatic rings. The number of carbonyl (C=O) groups is 1. The number of ether oxygens (including phenoxy) is 1. The van der Waals surface area contributed by atoms with Gasteiger partial charge < -0.3 is 15.0 Å². The average molecular weight is 267 g/mol. The van der Waals surface area contributed by atoms with E-state index < -0.39 is 21.8 Å². The molecule has 1 aromatic rings. The molecule has 0 fully saturated rings. The molecule has 1 rings (SSSR count). The second-order valence-electron chi connectivity index (χ2n) is 3.11. The first kappa shape index (κ1) is 16.4. The minimum Gasteiger partial charge on any atom is -0.748 e. The van der Waals surface area contributed by atoms with Crippen molar-refractivity contribution in [2.75, 3.05) is 12.8 Å². The summed E-state index contributed by atoms with van der Waals surface area (Å²) in [4.78, 5) is 11.1. The molecule has 0 unspecified atom stereocenters. The zero-order chi connectivity index (χ0) is 12.3. The third-order valence-corrected chi connectivity index (χ3v) is 2.56. The first-order valence-electron chi connectivity index (χ1n) is 4.24. The van der Waals surface area contributed by atoms with E-state index in [0.29, 0.717) is 0 Å². The fraction of sp³-hybridized carbons (Fsp3) is 0.222. The summed E-state index contributed by atoms with van der Waals surface area (Å²) in [6.07, 6.45) is 0. The summed E-state index contributed by atoms with van der Waals surface area (Å²) in [5.41, 5.74) is 5.95. The summed E-state index contributed by atoms with van der Waals surface area (Å²) in [6, 6.07) is 3.94. The van der Waals surface area contributed by atoms with Crippen LogP contribution < -0.4 is 35.3 Å². The van der Waals surface area contributed by atoms with E-state index >= 15 is 0 Å². The van der Waals surface area contributed by atoms with Gasteiger partial charge in [-0.05, 0) is 17.7 Å². The topological polar surface area (TPSA) is 110 Å². The maximum atomic E-state index is 11.1. The van der Waals surface area contributed by atoms with Crippen LogP contribution in [0.2, 0.25) is 0 Å². The summed E-state index contributed by atoms with van der Waals surface area (Å²) < 4.78 is 36.0. The van der Waals surface area contributed by atoms with Crippen molar-refractivity contribution in [2.45, 2.75) is 5.75 Å². The number of hydrogen-bond acceptors (Lipinski definition) is 6. The molecule has 0 atom stereocenters. The van der Waals surface area contributed by atoms with Gasteiger partial charge in [-0.15, -0.1) is 0 Å². The molecule has 0 saturated heterocycles. The number of hydrogen-bond donors (Lipinski definition) is 1. The molecule has 0 spiro atoms. The van der Waals surface area contributed by atoms with Crippen LogP contribution >= 0.6 is 0 Å². The summed E-state index contributed by atoms with van der Waals surface area (Å²) >= 11 is 0. The Labute approximate surface area is 121 Å². The number of anilines is 1. The Bertz CT molecular complexity index is 514. The van der Waals surface area contributed by atoms with Crippen LogP contribution in [0, 0.1) is 0 Å². The summed E-state index contributed by atoms with van der Waals surface area (Å²) in [6.45, 7) is 0. The first-order valence-corrected chi connectivity index (χ1v) is 5.81. The van der Waals surface area contributed by atoms with E-state index in [1.54, 1.807) is 0 Å². The van der Waals surface area contributed by atoms with Gasteiger partial charge in [-0.25, -0.2) is 13.2 Å². The third-order valence-electron chi connectivity index (χ3n) is 1.90. The molecule has 17 heavy (non-hydrogen) atoms. The molecule has 6 nitrogen and oxygen atoms in total. The van der Waals surface area contributed by atoms with Crippen molar-refractivity contribution < 1.29 is 52.1 Å². The molecule has 0 heterocycles.